The molecule has 2 aliphatic heterocycles. The summed E-state index contributed by atoms with van der Waals surface area (Å²) >= 11 is 0. The Morgan fingerprint density at radius 2 is 2.25 bits per heavy atom. The van der Waals surface area contributed by atoms with Crippen LogP contribution in [0, 0.1) is 11.8 Å². The summed E-state index contributed by atoms with van der Waals surface area (Å²) in [7, 11) is 0. The normalized spacial score (nSPS) is 35.4. The molecule has 2 aliphatic rings. The second-order valence-corrected chi connectivity index (χ2v) is 5.48. The summed E-state index contributed by atoms with van der Waals surface area (Å²) < 4.78 is 0. The largest absolute Gasteiger partial charge is 0.341 e. The molecule has 92 valence electrons. The zero-order chi connectivity index (χ0) is 11.5. The molecule has 0 aromatic heterocycles. The topological polar surface area (TPSA) is 32.3 Å². The van der Waals surface area contributed by atoms with E-state index in [9.17, 15) is 4.79 Å². The molecule has 0 aromatic carbocycles. The van der Waals surface area contributed by atoms with E-state index in [0.717, 1.165) is 32.0 Å². The monoisotopic (exact) mass is 224 g/mol. The minimum atomic E-state index is 0.0966. The standard InChI is InChI=1S/C13H24N2O/c1-3-11-5-7-15(9-11)13(16)12-8-10(2)4-6-14-12/h10-12,14H,3-9H2,1-2H3. The number of nitrogens with zero attached hydrogens (tertiary/aromatic N) is 1. The Kier molecular flexibility index (Phi) is 3.85. The highest BCUT2D eigenvalue weighted by Crippen LogP contribution is 2.22. The van der Waals surface area contributed by atoms with Gasteiger partial charge in [-0.3, -0.25) is 4.79 Å². The highest BCUT2D eigenvalue weighted by atomic mass is 16.2. The number of hydrogen-bond acceptors (Lipinski definition) is 2. The first kappa shape index (κ1) is 11.9. The Balaban J connectivity index is 1.87. The van der Waals surface area contributed by atoms with Crippen molar-refractivity contribution in [3.63, 3.8) is 0 Å². The summed E-state index contributed by atoms with van der Waals surface area (Å²) in [5, 5.41) is 3.37. The first-order chi connectivity index (χ1) is 7.70. The number of carbonyl (C=O) groups excluding carboxylic acids is 1. The van der Waals surface area contributed by atoms with Gasteiger partial charge >= 0.3 is 0 Å². The summed E-state index contributed by atoms with van der Waals surface area (Å²) in [6.45, 7) is 7.44. The number of piperidine rings is 1. The molecule has 2 saturated heterocycles. The van der Waals surface area contributed by atoms with Crippen LogP contribution in [-0.2, 0) is 4.79 Å². The van der Waals surface area contributed by atoms with E-state index < -0.39 is 0 Å². The molecule has 0 spiro atoms. The number of likely N-dealkylation sites (tertiary alicyclic amines) is 1. The molecule has 0 aliphatic carbocycles. The van der Waals surface area contributed by atoms with Crippen molar-refractivity contribution in [3.05, 3.63) is 0 Å². The van der Waals surface area contributed by atoms with Gasteiger partial charge in [-0.25, -0.2) is 0 Å². The van der Waals surface area contributed by atoms with E-state index in [2.05, 4.69) is 24.1 Å². The van der Waals surface area contributed by atoms with Crippen molar-refractivity contribution < 1.29 is 4.79 Å². The molecule has 3 nitrogen and oxygen atoms in total. The fraction of sp³-hybridized carbons (Fsp3) is 0.923. The first-order valence-corrected chi connectivity index (χ1v) is 6.73. The van der Waals surface area contributed by atoms with Crippen LogP contribution >= 0.6 is 0 Å². The predicted molar refractivity (Wildman–Crippen MR) is 65.2 cm³/mol. The van der Waals surface area contributed by atoms with Gasteiger partial charge in [-0.05, 0) is 37.6 Å². The van der Waals surface area contributed by atoms with E-state index in [0.29, 0.717) is 11.8 Å². The van der Waals surface area contributed by atoms with Crippen molar-refractivity contribution in [1.29, 1.82) is 0 Å². The Morgan fingerprint density at radius 1 is 1.44 bits per heavy atom. The second kappa shape index (κ2) is 5.17. The van der Waals surface area contributed by atoms with Gasteiger partial charge in [-0.15, -0.1) is 0 Å². The molecule has 0 saturated carbocycles. The number of carbonyl (C=O) groups is 1. The molecule has 2 fully saturated rings. The molecule has 3 heteroatoms. The van der Waals surface area contributed by atoms with E-state index in [1.165, 1.54) is 19.3 Å². The summed E-state index contributed by atoms with van der Waals surface area (Å²) in [4.78, 5) is 14.3. The highest BCUT2D eigenvalue weighted by molar-refractivity contribution is 5.82. The van der Waals surface area contributed by atoms with Gasteiger partial charge in [-0.2, -0.15) is 0 Å². The minimum absolute atomic E-state index is 0.0966. The van der Waals surface area contributed by atoms with Crippen molar-refractivity contribution in [2.45, 2.75) is 45.6 Å². The zero-order valence-electron chi connectivity index (χ0n) is 10.5. The fourth-order valence-corrected chi connectivity index (χ4v) is 2.88. The zero-order valence-corrected chi connectivity index (χ0v) is 10.5. The summed E-state index contributed by atoms with van der Waals surface area (Å²) in [6.07, 6.45) is 4.64. The Morgan fingerprint density at radius 3 is 2.88 bits per heavy atom. The van der Waals surface area contributed by atoms with Crippen molar-refractivity contribution in [1.82, 2.24) is 10.2 Å². The average molecular weight is 224 g/mol. The molecule has 0 aromatic rings. The third-order valence-corrected chi connectivity index (χ3v) is 4.14. The number of amides is 1. The molecule has 2 rings (SSSR count). The molecule has 2 heterocycles. The summed E-state index contributed by atoms with van der Waals surface area (Å²) in [5.74, 6) is 1.78. The van der Waals surface area contributed by atoms with Crippen LogP contribution in [0.4, 0.5) is 0 Å². The van der Waals surface area contributed by atoms with Gasteiger partial charge in [0.05, 0.1) is 6.04 Å². The minimum Gasteiger partial charge on any atom is -0.341 e. The molecule has 0 bridgehead atoms. The van der Waals surface area contributed by atoms with Crippen LogP contribution in [0.25, 0.3) is 0 Å². The maximum Gasteiger partial charge on any atom is 0.239 e. The van der Waals surface area contributed by atoms with E-state index in [1.54, 1.807) is 0 Å². The van der Waals surface area contributed by atoms with Crippen molar-refractivity contribution >= 4 is 5.91 Å². The molecule has 3 unspecified atom stereocenters. The van der Waals surface area contributed by atoms with E-state index in [4.69, 9.17) is 0 Å². The maximum atomic E-state index is 12.3. The lowest BCUT2D eigenvalue weighted by Gasteiger charge is -2.30. The Hall–Kier alpha value is -0.570. The van der Waals surface area contributed by atoms with Gasteiger partial charge in [0.25, 0.3) is 0 Å². The van der Waals surface area contributed by atoms with Gasteiger partial charge < -0.3 is 10.2 Å². The predicted octanol–water partition coefficient (Wildman–Crippen LogP) is 1.63. The van der Waals surface area contributed by atoms with E-state index >= 15 is 0 Å². The lowest BCUT2D eigenvalue weighted by atomic mass is 9.93. The number of hydrogen-bond donors (Lipinski definition) is 1. The SMILES string of the molecule is CCC1CCN(C(=O)C2CC(C)CCN2)C1. The van der Waals surface area contributed by atoms with Crippen LogP contribution in [0.3, 0.4) is 0 Å². The highest BCUT2D eigenvalue weighted by Gasteiger charge is 2.32. The molecule has 16 heavy (non-hydrogen) atoms. The fourth-order valence-electron chi connectivity index (χ4n) is 2.88. The van der Waals surface area contributed by atoms with Crippen LogP contribution in [0.2, 0.25) is 0 Å². The third-order valence-electron chi connectivity index (χ3n) is 4.14. The molecule has 3 atom stereocenters. The summed E-state index contributed by atoms with van der Waals surface area (Å²) in [5.41, 5.74) is 0. The molecular weight excluding hydrogens is 200 g/mol. The van der Waals surface area contributed by atoms with Crippen molar-refractivity contribution in [2.75, 3.05) is 19.6 Å². The first-order valence-electron chi connectivity index (χ1n) is 6.73. The smallest absolute Gasteiger partial charge is 0.239 e. The van der Waals surface area contributed by atoms with Gasteiger partial charge in [0.15, 0.2) is 0 Å². The quantitative estimate of drug-likeness (QED) is 0.773. The van der Waals surface area contributed by atoms with E-state index in [-0.39, 0.29) is 6.04 Å². The van der Waals surface area contributed by atoms with Gasteiger partial charge in [0, 0.05) is 13.1 Å². The van der Waals surface area contributed by atoms with Gasteiger partial charge in [-0.1, -0.05) is 20.3 Å². The van der Waals surface area contributed by atoms with Crippen LogP contribution < -0.4 is 5.32 Å². The van der Waals surface area contributed by atoms with Crippen LogP contribution in [-0.4, -0.2) is 36.5 Å². The molecule has 1 amide bonds. The second-order valence-electron chi connectivity index (χ2n) is 5.48. The lowest BCUT2D eigenvalue weighted by molar-refractivity contribution is -0.133. The lowest BCUT2D eigenvalue weighted by Crippen LogP contribution is -2.49. The number of rotatable bonds is 2. The van der Waals surface area contributed by atoms with Crippen molar-refractivity contribution in [2.24, 2.45) is 11.8 Å². The Bertz CT molecular complexity index is 254. The maximum absolute atomic E-state index is 12.3. The van der Waals surface area contributed by atoms with Gasteiger partial charge in [0.1, 0.15) is 0 Å². The molecular formula is C13H24N2O. The van der Waals surface area contributed by atoms with Gasteiger partial charge in [0.2, 0.25) is 5.91 Å². The third kappa shape index (κ3) is 2.57. The van der Waals surface area contributed by atoms with Crippen LogP contribution in [0.1, 0.15) is 39.5 Å². The van der Waals surface area contributed by atoms with Crippen molar-refractivity contribution in [3.8, 4) is 0 Å². The number of nitrogens with one attached hydrogen (secondary N) is 1. The average Bonchev–Trinajstić information content (AvgIpc) is 2.76. The Labute approximate surface area is 98.6 Å². The van der Waals surface area contributed by atoms with Crippen LogP contribution in [0.5, 0.6) is 0 Å². The van der Waals surface area contributed by atoms with E-state index in [1.807, 2.05) is 0 Å². The molecule has 0 radical (unpaired) electrons. The molecule has 1 N–H and O–H groups in total. The summed E-state index contributed by atoms with van der Waals surface area (Å²) in [6, 6.07) is 0.0966. The van der Waals surface area contributed by atoms with Crippen LogP contribution in [0.15, 0.2) is 0 Å².